The molecule has 32 heavy (non-hydrogen) atoms. The first kappa shape index (κ1) is 26.4. The zero-order chi connectivity index (χ0) is 22.5. The van der Waals surface area contributed by atoms with Crippen LogP contribution < -0.4 is 0 Å². The lowest BCUT2D eigenvalue weighted by Gasteiger charge is -2.22. The van der Waals surface area contributed by atoms with Crippen molar-refractivity contribution in [2.24, 2.45) is 0 Å². The van der Waals surface area contributed by atoms with Crippen molar-refractivity contribution >= 4 is 0 Å². The first-order valence-corrected chi connectivity index (χ1v) is 13.3. The van der Waals surface area contributed by atoms with Crippen molar-refractivity contribution in [3.63, 3.8) is 0 Å². The van der Waals surface area contributed by atoms with Gasteiger partial charge < -0.3 is 0 Å². The quantitative estimate of drug-likeness (QED) is 0.157. The monoisotopic (exact) mass is 433 g/mol. The van der Waals surface area contributed by atoms with Crippen LogP contribution in [0.2, 0.25) is 0 Å². The van der Waals surface area contributed by atoms with Gasteiger partial charge in [-0.05, 0) is 49.8 Å². The fourth-order valence-electron chi connectivity index (χ4n) is 4.30. The van der Waals surface area contributed by atoms with E-state index in [-0.39, 0.29) is 0 Å². The summed E-state index contributed by atoms with van der Waals surface area (Å²) in [6, 6.07) is 21.8. The largest absolute Gasteiger partial charge is 0.295 e. The third-order valence-electron chi connectivity index (χ3n) is 6.23. The SMILES string of the molecule is CCCCCCCCCCC/C=C/CCCCN(Cc1ccccc1)Cc1ccccc1. The van der Waals surface area contributed by atoms with Crippen molar-refractivity contribution in [2.75, 3.05) is 6.54 Å². The summed E-state index contributed by atoms with van der Waals surface area (Å²) in [6.45, 7) is 5.52. The molecule has 2 aromatic rings. The predicted molar refractivity (Wildman–Crippen MR) is 142 cm³/mol. The Morgan fingerprint density at radius 1 is 0.531 bits per heavy atom. The highest BCUT2D eigenvalue weighted by atomic mass is 15.1. The molecule has 0 heterocycles. The van der Waals surface area contributed by atoms with E-state index in [4.69, 9.17) is 0 Å². The summed E-state index contributed by atoms with van der Waals surface area (Å²) in [7, 11) is 0. The minimum Gasteiger partial charge on any atom is -0.295 e. The molecule has 0 atom stereocenters. The van der Waals surface area contributed by atoms with Crippen molar-refractivity contribution < 1.29 is 0 Å². The summed E-state index contributed by atoms with van der Waals surface area (Å²) < 4.78 is 0. The van der Waals surface area contributed by atoms with Crippen LogP contribution in [0.5, 0.6) is 0 Å². The van der Waals surface area contributed by atoms with E-state index in [1.165, 1.54) is 94.6 Å². The molecule has 0 aliphatic carbocycles. The normalized spacial score (nSPS) is 11.6. The summed E-state index contributed by atoms with van der Waals surface area (Å²) in [5, 5.41) is 0. The Hall–Kier alpha value is -1.86. The maximum Gasteiger partial charge on any atom is 0.0237 e. The average Bonchev–Trinajstić information content (AvgIpc) is 2.83. The highest BCUT2D eigenvalue weighted by Crippen LogP contribution is 2.13. The Balaban J connectivity index is 1.54. The van der Waals surface area contributed by atoms with Gasteiger partial charge in [-0.15, -0.1) is 0 Å². The maximum absolute atomic E-state index is 2.59. The van der Waals surface area contributed by atoms with Crippen LogP contribution in [-0.4, -0.2) is 11.4 Å². The van der Waals surface area contributed by atoms with Gasteiger partial charge in [0, 0.05) is 13.1 Å². The second kappa shape index (κ2) is 18.7. The summed E-state index contributed by atoms with van der Waals surface area (Å²) >= 11 is 0. The van der Waals surface area contributed by atoms with E-state index in [0.29, 0.717) is 0 Å². The second-order valence-corrected chi connectivity index (χ2v) is 9.27. The minimum absolute atomic E-state index is 1.03. The summed E-state index contributed by atoms with van der Waals surface area (Å²) in [4.78, 5) is 2.59. The number of benzene rings is 2. The summed E-state index contributed by atoms with van der Waals surface area (Å²) in [5.41, 5.74) is 2.81. The lowest BCUT2D eigenvalue weighted by molar-refractivity contribution is 0.251. The molecule has 0 radical (unpaired) electrons. The fraction of sp³-hybridized carbons (Fsp3) is 0.548. The third kappa shape index (κ3) is 13.5. The third-order valence-corrected chi connectivity index (χ3v) is 6.23. The van der Waals surface area contributed by atoms with Gasteiger partial charge >= 0.3 is 0 Å². The highest BCUT2D eigenvalue weighted by molar-refractivity contribution is 5.17. The molecular weight excluding hydrogens is 386 g/mol. The smallest absolute Gasteiger partial charge is 0.0237 e. The van der Waals surface area contributed by atoms with Crippen molar-refractivity contribution in [3.8, 4) is 0 Å². The van der Waals surface area contributed by atoms with Crippen molar-refractivity contribution in [3.05, 3.63) is 83.9 Å². The molecule has 1 heteroatoms. The molecule has 0 fully saturated rings. The number of hydrogen-bond donors (Lipinski definition) is 0. The van der Waals surface area contributed by atoms with Crippen molar-refractivity contribution in [1.82, 2.24) is 4.90 Å². The summed E-state index contributed by atoms with van der Waals surface area (Å²) in [5.74, 6) is 0. The molecule has 0 aromatic heterocycles. The summed E-state index contributed by atoms with van der Waals surface area (Å²) in [6.07, 6.45) is 22.6. The first-order chi connectivity index (χ1) is 15.9. The zero-order valence-electron chi connectivity index (χ0n) is 20.7. The van der Waals surface area contributed by atoms with Crippen LogP contribution in [0, 0.1) is 0 Å². The molecule has 0 amide bonds. The van der Waals surface area contributed by atoms with Gasteiger partial charge in [-0.25, -0.2) is 0 Å². The van der Waals surface area contributed by atoms with Crippen LogP contribution in [0.25, 0.3) is 0 Å². The molecule has 176 valence electrons. The number of rotatable bonds is 19. The van der Waals surface area contributed by atoms with E-state index in [2.05, 4.69) is 84.6 Å². The van der Waals surface area contributed by atoms with Gasteiger partial charge in [0.1, 0.15) is 0 Å². The van der Waals surface area contributed by atoms with E-state index in [1.807, 2.05) is 0 Å². The van der Waals surface area contributed by atoms with Gasteiger partial charge in [0.15, 0.2) is 0 Å². The topological polar surface area (TPSA) is 3.24 Å². The van der Waals surface area contributed by atoms with Crippen LogP contribution in [-0.2, 0) is 13.1 Å². The van der Waals surface area contributed by atoms with Crippen LogP contribution in [0.1, 0.15) is 102 Å². The van der Waals surface area contributed by atoms with Gasteiger partial charge in [-0.1, -0.05) is 131 Å². The van der Waals surface area contributed by atoms with Crippen LogP contribution in [0.15, 0.2) is 72.8 Å². The van der Waals surface area contributed by atoms with Gasteiger partial charge in [0.05, 0.1) is 0 Å². The Morgan fingerprint density at radius 3 is 1.47 bits per heavy atom. The maximum atomic E-state index is 2.59. The van der Waals surface area contributed by atoms with Gasteiger partial charge in [0.2, 0.25) is 0 Å². The van der Waals surface area contributed by atoms with E-state index >= 15 is 0 Å². The van der Waals surface area contributed by atoms with E-state index < -0.39 is 0 Å². The molecule has 2 aromatic carbocycles. The fourth-order valence-corrected chi connectivity index (χ4v) is 4.30. The molecule has 0 aliphatic heterocycles. The molecule has 0 saturated carbocycles. The van der Waals surface area contributed by atoms with Crippen molar-refractivity contribution in [2.45, 2.75) is 103 Å². The number of nitrogens with zero attached hydrogens (tertiary/aromatic N) is 1. The Bertz CT molecular complexity index is 635. The first-order valence-electron chi connectivity index (χ1n) is 13.3. The molecular formula is C31H47N. The number of hydrogen-bond acceptors (Lipinski definition) is 1. The standard InChI is InChI=1S/C31H47N/c1-2-3-4-5-6-7-8-9-10-11-12-13-14-15-22-27-32(28-30-23-18-16-19-24-30)29-31-25-20-17-21-26-31/h12-13,16-21,23-26H,2-11,14-15,22,27-29H2,1H3/b13-12+. The van der Waals surface area contributed by atoms with Crippen LogP contribution in [0.4, 0.5) is 0 Å². The van der Waals surface area contributed by atoms with Gasteiger partial charge in [0.25, 0.3) is 0 Å². The zero-order valence-corrected chi connectivity index (χ0v) is 20.7. The van der Waals surface area contributed by atoms with Gasteiger partial charge in [-0.3, -0.25) is 4.90 Å². The Kier molecular flexibility index (Phi) is 15.4. The lowest BCUT2D eigenvalue weighted by atomic mass is 10.1. The molecule has 0 aliphatic rings. The highest BCUT2D eigenvalue weighted by Gasteiger charge is 2.06. The molecule has 0 unspecified atom stereocenters. The Morgan fingerprint density at radius 2 is 0.969 bits per heavy atom. The lowest BCUT2D eigenvalue weighted by Crippen LogP contribution is -2.24. The van der Waals surface area contributed by atoms with Crippen molar-refractivity contribution in [1.29, 1.82) is 0 Å². The molecule has 0 spiro atoms. The molecule has 0 N–H and O–H groups in total. The van der Waals surface area contributed by atoms with Gasteiger partial charge in [-0.2, -0.15) is 0 Å². The molecule has 0 bridgehead atoms. The number of unbranched alkanes of at least 4 members (excludes halogenated alkanes) is 11. The average molecular weight is 434 g/mol. The Labute approximate surface area is 198 Å². The van der Waals surface area contributed by atoms with E-state index in [1.54, 1.807) is 0 Å². The second-order valence-electron chi connectivity index (χ2n) is 9.27. The van der Waals surface area contributed by atoms with Crippen LogP contribution in [0.3, 0.4) is 0 Å². The molecule has 0 saturated heterocycles. The predicted octanol–water partition coefficient (Wildman–Crippen LogP) is 9.34. The number of allylic oxidation sites excluding steroid dienone is 2. The minimum atomic E-state index is 1.03. The van der Waals surface area contributed by atoms with E-state index in [0.717, 1.165) is 19.6 Å². The molecule has 2 rings (SSSR count). The molecule has 1 nitrogen and oxygen atoms in total. The van der Waals surface area contributed by atoms with Crippen LogP contribution >= 0.6 is 0 Å². The van der Waals surface area contributed by atoms with E-state index in [9.17, 15) is 0 Å².